The first-order chi connectivity index (χ1) is 12.6. The van der Waals surface area contributed by atoms with Crippen LogP contribution in [0.15, 0.2) is 42.6 Å². The second kappa shape index (κ2) is 6.74. The SMILES string of the molecule is CN(C)c1cc([C@@H]2CCCN2C(=O)Cn2nnc3ccccc32)ccn1. The van der Waals surface area contributed by atoms with Crippen molar-refractivity contribution in [3.05, 3.63) is 48.2 Å². The second-order valence-corrected chi connectivity index (χ2v) is 6.82. The van der Waals surface area contributed by atoms with Crippen LogP contribution in [0, 0.1) is 0 Å². The van der Waals surface area contributed by atoms with Gasteiger partial charge in [-0.1, -0.05) is 17.3 Å². The molecule has 0 N–H and O–H groups in total. The third-order valence-electron chi connectivity index (χ3n) is 4.89. The molecule has 1 aliphatic heterocycles. The van der Waals surface area contributed by atoms with Gasteiger partial charge in [-0.05, 0) is 42.7 Å². The maximum absolute atomic E-state index is 13.0. The van der Waals surface area contributed by atoms with E-state index in [1.165, 1.54) is 0 Å². The van der Waals surface area contributed by atoms with Gasteiger partial charge in [0, 0.05) is 26.8 Å². The predicted octanol–water partition coefficient (Wildman–Crippen LogP) is 2.26. The molecule has 3 aromatic rings. The number of hydrogen-bond acceptors (Lipinski definition) is 5. The molecule has 1 amide bonds. The van der Waals surface area contributed by atoms with Crippen LogP contribution in [-0.4, -0.2) is 51.4 Å². The van der Waals surface area contributed by atoms with Gasteiger partial charge >= 0.3 is 0 Å². The van der Waals surface area contributed by atoms with Crippen LogP contribution in [0.4, 0.5) is 5.82 Å². The van der Waals surface area contributed by atoms with Crippen LogP contribution in [0.25, 0.3) is 11.0 Å². The summed E-state index contributed by atoms with van der Waals surface area (Å²) in [5.41, 5.74) is 2.83. The Morgan fingerprint density at radius 1 is 1.27 bits per heavy atom. The molecule has 0 unspecified atom stereocenters. The number of nitrogens with zero attached hydrogens (tertiary/aromatic N) is 6. The van der Waals surface area contributed by atoms with Crippen molar-refractivity contribution in [1.29, 1.82) is 0 Å². The Bertz CT molecular complexity index is 934. The molecule has 1 atom stereocenters. The molecule has 0 radical (unpaired) electrons. The van der Waals surface area contributed by atoms with Crippen LogP contribution in [0.3, 0.4) is 0 Å². The van der Waals surface area contributed by atoms with Gasteiger partial charge in [0.25, 0.3) is 0 Å². The number of rotatable bonds is 4. The molecular weight excluding hydrogens is 328 g/mol. The maximum Gasteiger partial charge on any atom is 0.244 e. The van der Waals surface area contributed by atoms with Crippen molar-refractivity contribution < 1.29 is 4.79 Å². The summed E-state index contributed by atoms with van der Waals surface area (Å²) in [6.07, 6.45) is 3.80. The summed E-state index contributed by atoms with van der Waals surface area (Å²) in [4.78, 5) is 21.3. The summed E-state index contributed by atoms with van der Waals surface area (Å²) in [7, 11) is 3.94. The zero-order chi connectivity index (χ0) is 18.1. The fourth-order valence-electron chi connectivity index (χ4n) is 3.55. The first kappa shape index (κ1) is 16.5. The van der Waals surface area contributed by atoms with Crippen LogP contribution in [-0.2, 0) is 11.3 Å². The number of para-hydroxylation sites is 1. The number of carbonyl (C=O) groups excluding carboxylic acids is 1. The van der Waals surface area contributed by atoms with E-state index in [-0.39, 0.29) is 18.5 Å². The van der Waals surface area contributed by atoms with Gasteiger partial charge in [0.05, 0.1) is 11.6 Å². The number of amides is 1. The summed E-state index contributed by atoms with van der Waals surface area (Å²) in [6.45, 7) is 0.985. The molecular formula is C19H22N6O. The molecule has 134 valence electrons. The molecule has 26 heavy (non-hydrogen) atoms. The minimum atomic E-state index is 0.0753. The number of carbonyl (C=O) groups is 1. The molecule has 0 spiro atoms. The highest BCUT2D eigenvalue weighted by Gasteiger charge is 2.30. The molecule has 1 fully saturated rings. The zero-order valence-electron chi connectivity index (χ0n) is 15.0. The Labute approximate surface area is 152 Å². The fourth-order valence-corrected chi connectivity index (χ4v) is 3.55. The second-order valence-electron chi connectivity index (χ2n) is 6.82. The van der Waals surface area contributed by atoms with E-state index >= 15 is 0 Å². The summed E-state index contributed by atoms with van der Waals surface area (Å²) >= 11 is 0. The Morgan fingerprint density at radius 2 is 2.12 bits per heavy atom. The molecule has 4 rings (SSSR count). The van der Waals surface area contributed by atoms with Gasteiger partial charge in [-0.2, -0.15) is 0 Å². The average molecular weight is 350 g/mol. The van der Waals surface area contributed by atoms with Crippen LogP contribution < -0.4 is 4.90 Å². The van der Waals surface area contributed by atoms with E-state index in [4.69, 9.17) is 0 Å². The Hall–Kier alpha value is -2.96. The molecule has 0 aliphatic carbocycles. The zero-order valence-corrected chi connectivity index (χ0v) is 15.0. The average Bonchev–Trinajstić information content (AvgIpc) is 3.29. The van der Waals surface area contributed by atoms with Crippen LogP contribution in [0.2, 0.25) is 0 Å². The first-order valence-electron chi connectivity index (χ1n) is 8.84. The Kier molecular flexibility index (Phi) is 4.28. The van der Waals surface area contributed by atoms with E-state index in [1.54, 1.807) is 4.68 Å². The van der Waals surface area contributed by atoms with Gasteiger partial charge in [-0.15, -0.1) is 5.10 Å². The molecule has 1 aliphatic rings. The van der Waals surface area contributed by atoms with Crippen molar-refractivity contribution in [3.8, 4) is 0 Å². The summed E-state index contributed by atoms with van der Waals surface area (Å²) < 4.78 is 1.69. The number of aromatic nitrogens is 4. The molecule has 3 heterocycles. The number of pyridine rings is 1. The van der Waals surface area contributed by atoms with Crippen molar-refractivity contribution in [2.75, 3.05) is 25.5 Å². The van der Waals surface area contributed by atoms with Crippen molar-refractivity contribution in [3.63, 3.8) is 0 Å². The molecule has 1 saturated heterocycles. The molecule has 0 bridgehead atoms. The highest BCUT2D eigenvalue weighted by Crippen LogP contribution is 2.33. The number of anilines is 1. The van der Waals surface area contributed by atoms with E-state index in [0.29, 0.717) is 0 Å². The van der Waals surface area contributed by atoms with Crippen LogP contribution >= 0.6 is 0 Å². The van der Waals surface area contributed by atoms with E-state index in [9.17, 15) is 4.79 Å². The van der Waals surface area contributed by atoms with Gasteiger partial charge in [0.15, 0.2) is 0 Å². The summed E-state index contributed by atoms with van der Waals surface area (Å²) in [5.74, 6) is 0.982. The topological polar surface area (TPSA) is 67.2 Å². The van der Waals surface area contributed by atoms with Crippen molar-refractivity contribution in [2.45, 2.75) is 25.4 Å². The van der Waals surface area contributed by atoms with Gasteiger partial charge in [-0.25, -0.2) is 9.67 Å². The van der Waals surface area contributed by atoms with E-state index in [0.717, 1.165) is 41.8 Å². The minimum Gasteiger partial charge on any atom is -0.363 e. The molecule has 0 saturated carbocycles. The third-order valence-corrected chi connectivity index (χ3v) is 4.89. The lowest BCUT2D eigenvalue weighted by Crippen LogP contribution is -2.33. The minimum absolute atomic E-state index is 0.0753. The van der Waals surface area contributed by atoms with Crippen molar-refractivity contribution in [2.24, 2.45) is 0 Å². The lowest BCUT2D eigenvalue weighted by atomic mass is 10.1. The Morgan fingerprint density at radius 3 is 2.96 bits per heavy atom. The highest BCUT2D eigenvalue weighted by atomic mass is 16.2. The normalized spacial score (nSPS) is 17.0. The maximum atomic E-state index is 13.0. The smallest absolute Gasteiger partial charge is 0.244 e. The highest BCUT2D eigenvalue weighted by molar-refractivity contribution is 5.80. The lowest BCUT2D eigenvalue weighted by molar-refractivity contribution is -0.132. The number of likely N-dealkylation sites (tertiary alicyclic amines) is 1. The lowest BCUT2D eigenvalue weighted by Gasteiger charge is -2.26. The largest absolute Gasteiger partial charge is 0.363 e. The van der Waals surface area contributed by atoms with Gasteiger partial charge < -0.3 is 9.80 Å². The molecule has 7 nitrogen and oxygen atoms in total. The van der Waals surface area contributed by atoms with E-state index in [1.807, 2.05) is 60.4 Å². The van der Waals surface area contributed by atoms with E-state index < -0.39 is 0 Å². The monoisotopic (exact) mass is 350 g/mol. The summed E-state index contributed by atoms with van der Waals surface area (Å²) in [5, 5.41) is 8.28. The predicted molar refractivity (Wildman–Crippen MR) is 99.8 cm³/mol. The van der Waals surface area contributed by atoms with Crippen LogP contribution in [0.5, 0.6) is 0 Å². The van der Waals surface area contributed by atoms with Gasteiger partial charge in [-0.3, -0.25) is 4.79 Å². The molecule has 2 aromatic heterocycles. The van der Waals surface area contributed by atoms with Gasteiger partial charge in [0.1, 0.15) is 17.9 Å². The Balaban J connectivity index is 1.56. The van der Waals surface area contributed by atoms with E-state index in [2.05, 4.69) is 21.4 Å². The fraction of sp³-hybridized carbons (Fsp3) is 0.368. The number of hydrogen-bond donors (Lipinski definition) is 0. The molecule has 1 aromatic carbocycles. The summed E-state index contributed by atoms with van der Waals surface area (Å²) in [6, 6.07) is 11.9. The standard InChI is InChI=1S/C19H22N6O/c1-23(2)18-12-14(9-10-20-18)16-8-5-11-24(16)19(26)13-25-17-7-4-3-6-15(17)21-22-25/h3-4,6-7,9-10,12,16H,5,8,11,13H2,1-2H3/t16-/m0/s1. The first-order valence-corrected chi connectivity index (χ1v) is 8.84. The van der Waals surface area contributed by atoms with Crippen LogP contribution in [0.1, 0.15) is 24.4 Å². The molecule has 7 heteroatoms. The third kappa shape index (κ3) is 3.00. The van der Waals surface area contributed by atoms with Crippen molar-refractivity contribution in [1.82, 2.24) is 24.9 Å². The quantitative estimate of drug-likeness (QED) is 0.722. The van der Waals surface area contributed by atoms with Crippen molar-refractivity contribution >= 4 is 22.8 Å². The number of benzene rings is 1. The number of fused-ring (bicyclic) bond motifs is 1. The van der Waals surface area contributed by atoms with Gasteiger partial charge in [0.2, 0.25) is 5.91 Å².